The summed E-state index contributed by atoms with van der Waals surface area (Å²) in [4.78, 5) is 14.2. The van der Waals surface area contributed by atoms with E-state index >= 15 is 0 Å². The molecule has 128 valence electrons. The molecule has 2 atom stereocenters. The van der Waals surface area contributed by atoms with Crippen LogP contribution in [0.1, 0.15) is 23.4 Å². The Morgan fingerprint density at radius 3 is 2.96 bits per heavy atom. The maximum Gasteiger partial charge on any atom is 0.223 e. The van der Waals surface area contributed by atoms with Crippen LogP contribution in [0.3, 0.4) is 0 Å². The van der Waals surface area contributed by atoms with Gasteiger partial charge in [-0.15, -0.1) is 0 Å². The van der Waals surface area contributed by atoms with Gasteiger partial charge in [-0.25, -0.2) is 0 Å². The van der Waals surface area contributed by atoms with Crippen molar-refractivity contribution in [3.8, 4) is 0 Å². The van der Waals surface area contributed by atoms with Crippen LogP contribution in [0.15, 0.2) is 30.3 Å². The molecule has 0 radical (unpaired) electrons. The van der Waals surface area contributed by atoms with Gasteiger partial charge in [-0.1, -0.05) is 23.7 Å². The lowest BCUT2D eigenvalue weighted by Crippen LogP contribution is -2.29. The van der Waals surface area contributed by atoms with E-state index in [4.69, 9.17) is 11.6 Å². The van der Waals surface area contributed by atoms with Gasteiger partial charge in [0.05, 0.1) is 11.8 Å². The second-order valence-corrected chi connectivity index (χ2v) is 6.94. The highest BCUT2D eigenvalue weighted by molar-refractivity contribution is 6.30. The molecule has 1 saturated heterocycles. The molecule has 0 saturated carbocycles. The summed E-state index contributed by atoms with van der Waals surface area (Å²) in [6.07, 6.45) is 1.29. The number of halogens is 1. The van der Waals surface area contributed by atoms with Crippen molar-refractivity contribution in [2.75, 3.05) is 13.1 Å². The third-order valence-electron chi connectivity index (χ3n) is 4.51. The van der Waals surface area contributed by atoms with E-state index in [2.05, 4.69) is 10.2 Å². The second-order valence-electron chi connectivity index (χ2n) is 6.50. The number of H-pyrrole nitrogens is 1. The minimum atomic E-state index is -0.489. The smallest absolute Gasteiger partial charge is 0.223 e. The van der Waals surface area contributed by atoms with E-state index < -0.39 is 6.10 Å². The molecule has 1 amide bonds. The van der Waals surface area contributed by atoms with Gasteiger partial charge in [0.1, 0.15) is 0 Å². The number of aromatic nitrogens is 2. The zero-order valence-corrected chi connectivity index (χ0v) is 14.5. The van der Waals surface area contributed by atoms with Gasteiger partial charge in [-0.3, -0.25) is 9.89 Å². The molecule has 2 aromatic rings. The predicted molar refractivity (Wildman–Crippen MR) is 92.9 cm³/mol. The molecule has 24 heavy (non-hydrogen) atoms. The van der Waals surface area contributed by atoms with Crippen molar-refractivity contribution in [2.45, 2.75) is 32.3 Å². The molecular weight excluding hydrogens is 326 g/mol. The first-order chi connectivity index (χ1) is 11.5. The van der Waals surface area contributed by atoms with Crippen molar-refractivity contribution in [1.29, 1.82) is 0 Å². The fourth-order valence-corrected chi connectivity index (χ4v) is 3.42. The highest BCUT2D eigenvalue weighted by Gasteiger charge is 2.34. The largest absolute Gasteiger partial charge is 0.391 e. The van der Waals surface area contributed by atoms with Gasteiger partial charge in [0, 0.05) is 36.1 Å². The van der Waals surface area contributed by atoms with Gasteiger partial charge in [0.2, 0.25) is 5.91 Å². The van der Waals surface area contributed by atoms with Crippen LogP contribution >= 0.6 is 11.6 Å². The van der Waals surface area contributed by atoms with Crippen molar-refractivity contribution in [1.82, 2.24) is 15.1 Å². The molecular formula is C18H22ClN3O2. The molecule has 0 spiro atoms. The minimum absolute atomic E-state index is 0.0443. The fraction of sp³-hybridized carbons (Fsp3) is 0.444. The van der Waals surface area contributed by atoms with E-state index in [9.17, 15) is 9.90 Å². The lowest BCUT2D eigenvalue weighted by atomic mass is 10.0. The van der Waals surface area contributed by atoms with E-state index in [1.807, 2.05) is 37.3 Å². The van der Waals surface area contributed by atoms with Crippen molar-refractivity contribution in [2.24, 2.45) is 5.92 Å². The third kappa shape index (κ3) is 4.16. The summed E-state index contributed by atoms with van der Waals surface area (Å²) in [6.45, 7) is 2.94. The number of likely N-dealkylation sites (tertiary alicyclic amines) is 1. The first-order valence-corrected chi connectivity index (χ1v) is 8.60. The second kappa shape index (κ2) is 7.36. The molecule has 6 heteroatoms. The van der Waals surface area contributed by atoms with E-state index in [1.165, 1.54) is 0 Å². The summed E-state index contributed by atoms with van der Waals surface area (Å²) >= 11 is 5.97. The molecule has 5 nitrogen and oxygen atoms in total. The summed E-state index contributed by atoms with van der Waals surface area (Å²) < 4.78 is 0. The molecule has 2 heterocycles. The van der Waals surface area contributed by atoms with Crippen molar-refractivity contribution in [3.05, 3.63) is 52.3 Å². The number of aliphatic hydroxyl groups excluding tert-OH is 1. The number of aromatic amines is 1. The molecule has 0 aliphatic carbocycles. The molecule has 1 aliphatic heterocycles. The Morgan fingerprint density at radius 1 is 1.42 bits per heavy atom. The summed E-state index contributed by atoms with van der Waals surface area (Å²) in [5, 5.41) is 18.1. The Hall–Kier alpha value is -1.85. The normalized spacial score (nSPS) is 20.5. The average molecular weight is 348 g/mol. The monoisotopic (exact) mass is 347 g/mol. The lowest BCUT2D eigenvalue weighted by Gasteiger charge is -2.16. The number of rotatable bonds is 5. The lowest BCUT2D eigenvalue weighted by molar-refractivity contribution is -0.130. The molecule has 0 bridgehead atoms. The molecule has 2 N–H and O–H groups in total. The Balaban J connectivity index is 1.52. The van der Waals surface area contributed by atoms with Gasteiger partial charge in [-0.2, -0.15) is 5.10 Å². The van der Waals surface area contributed by atoms with Crippen LogP contribution in [0.5, 0.6) is 0 Å². The number of β-amino-alcohol motifs (C(OH)–C–C–N with tert-alkyl or cyclic N) is 1. The maximum absolute atomic E-state index is 12.4. The van der Waals surface area contributed by atoms with Gasteiger partial charge >= 0.3 is 0 Å². The summed E-state index contributed by atoms with van der Waals surface area (Å²) in [7, 11) is 0. The SMILES string of the molecule is Cc1cc(CC2CN(C(=O)CCc3cccc(Cl)c3)CC2O)n[nH]1. The first kappa shape index (κ1) is 17.0. The van der Waals surface area contributed by atoms with Crippen LogP contribution < -0.4 is 0 Å². The highest BCUT2D eigenvalue weighted by Crippen LogP contribution is 2.22. The number of carbonyl (C=O) groups excluding carboxylic acids is 1. The molecule has 1 aromatic heterocycles. The van der Waals surface area contributed by atoms with E-state index in [1.54, 1.807) is 4.90 Å². The standard InChI is InChI=1S/C18H22ClN3O2/c1-12-7-16(21-20-12)9-14-10-22(11-17(14)23)18(24)6-5-13-3-2-4-15(19)8-13/h2-4,7-8,14,17,23H,5-6,9-11H2,1H3,(H,20,21). The van der Waals surface area contributed by atoms with Gasteiger partial charge in [-0.05, 0) is 43.5 Å². The number of benzene rings is 1. The zero-order valence-electron chi connectivity index (χ0n) is 13.7. The van der Waals surface area contributed by atoms with Crippen molar-refractivity contribution < 1.29 is 9.90 Å². The number of carbonyl (C=O) groups is 1. The molecule has 3 rings (SSSR count). The van der Waals surface area contributed by atoms with Gasteiger partial charge in [0.15, 0.2) is 0 Å². The number of aryl methyl sites for hydroxylation is 2. The maximum atomic E-state index is 12.4. The molecule has 2 unspecified atom stereocenters. The Morgan fingerprint density at radius 2 is 2.25 bits per heavy atom. The van der Waals surface area contributed by atoms with Crippen LogP contribution in [0.4, 0.5) is 0 Å². The van der Waals surface area contributed by atoms with Gasteiger partial charge in [0.25, 0.3) is 0 Å². The van der Waals surface area contributed by atoms with Crippen molar-refractivity contribution >= 4 is 17.5 Å². The van der Waals surface area contributed by atoms with Crippen LogP contribution in [0.2, 0.25) is 5.02 Å². The quantitative estimate of drug-likeness (QED) is 0.872. The van der Waals surface area contributed by atoms with E-state index in [0.29, 0.717) is 37.4 Å². The number of nitrogens with one attached hydrogen (secondary N) is 1. The number of hydrogen-bond acceptors (Lipinski definition) is 3. The number of nitrogens with zero attached hydrogens (tertiary/aromatic N) is 2. The number of amides is 1. The average Bonchev–Trinajstić information content (AvgIpc) is 3.12. The molecule has 1 aromatic carbocycles. The van der Waals surface area contributed by atoms with Crippen LogP contribution in [0, 0.1) is 12.8 Å². The molecule has 1 aliphatic rings. The molecule has 1 fully saturated rings. The number of hydrogen-bond donors (Lipinski definition) is 2. The third-order valence-corrected chi connectivity index (χ3v) is 4.74. The van der Waals surface area contributed by atoms with Crippen LogP contribution in [0.25, 0.3) is 0 Å². The number of aliphatic hydroxyl groups is 1. The van der Waals surface area contributed by atoms with E-state index in [-0.39, 0.29) is 11.8 Å². The topological polar surface area (TPSA) is 69.2 Å². The Bertz CT molecular complexity index is 716. The summed E-state index contributed by atoms with van der Waals surface area (Å²) in [6, 6.07) is 9.56. The highest BCUT2D eigenvalue weighted by atomic mass is 35.5. The van der Waals surface area contributed by atoms with Crippen molar-refractivity contribution in [3.63, 3.8) is 0 Å². The Labute approximate surface area is 146 Å². The van der Waals surface area contributed by atoms with Crippen LogP contribution in [-0.4, -0.2) is 45.3 Å². The van der Waals surface area contributed by atoms with Crippen LogP contribution in [-0.2, 0) is 17.6 Å². The zero-order chi connectivity index (χ0) is 17.1. The summed E-state index contributed by atoms with van der Waals surface area (Å²) in [5.74, 6) is 0.123. The van der Waals surface area contributed by atoms with Gasteiger partial charge < -0.3 is 10.0 Å². The van der Waals surface area contributed by atoms with E-state index in [0.717, 1.165) is 17.0 Å². The Kier molecular flexibility index (Phi) is 5.21. The predicted octanol–water partition coefficient (Wildman–Crippen LogP) is 2.37. The minimum Gasteiger partial charge on any atom is -0.391 e. The first-order valence-electron chi connectivity index (χ1n) is 8.22. The fourth-order valence-electron chi connectivity index (χ4n) is 3.21. The summed E-state index contributed by atoms with van der Waals surface area (Å²) in [5.41, 5.74) is 3.00.